The topological polar surface area (TPSA) is 68.1 Å². The molecule has 0 fully saturated rings. The molecule has 0 spiro atoms. The molecule has 0 aliphatic heterocycles. The van der Waals surface area contributed by atoms with E-state index in [-0.39, 0.29) is 10.6 Å². The van der Waals surface area contributed by atoms with Gasteiger partial charge in [-0.2, -0.15) is 11.8 Å². The van der Waals surface area contributed by atoms with Crippen LogP contribution in [-0.4, -0.2) is 28.5 Å². The largest absolute Gasteiger partial charge is 0.370 e. The van der Waals surface area contributed by atoms with Crippen molar-refractivity contribution in [3.63, 3.8) is 0 Å². The third-order valence-corrected chi connectivity index (χ3v) is 3.26. The van der Waals surface area contributed by atoms with Gasteiger partial charge in [0.1, 0.15) is 5.82 Å². The molecular weight excluding hydrogens is 238 g/mol. The first-order chi connectivity index (χ1) is 8.04. The van der Waals surface area contributed by atoms with Crippen LogP contribution in [0.2, 0.25) is 0 Å². The van der Waals surface area contributed by atoms with E-state index in [1.807, 2.05) is 0 Å². The molecule has 0 aliphatic rings. The highest BCUT2D eigenvalue weighted by Gasteiger charge is 2.12. The molecule has 1 N–H and O–H groups in total. The van der Waals surface area contributed by atoms with Crippen molar-refractivity contribution in [2.75, 3.05) is 23.9 Å². The molecule has 1 rings (SSSR count). The van der Waals surface area contributed by atoms with Gasteiger partial charge >= 0.3 is 0 Å². The number of nitro groups is 1. The summed E-state index contributed by atoms with van der Waals surface area (Å²) in [6.07, 6.45) is 3.59. The second-order valence-electron chi connectivity index (χ2n) is 4.05. The minimum absolute atomic E-state index is 0.111. The predicted molar refractivity (Wildman–Crippen MR) is 71.7 cm³/mol. The van der Waals surface area contributed by atoms with E-state index in [0.717, 1.165) is 12.3 Å². The van der Waals surface area contributed by atoms with Crippen molar-refractivity contribution in [2.45, 2.75) is 13.8 Å². The average Bonchev–Trinajstić information content (AvgIpc) is 2.28. The highest BCUT2D eigenvalue weighted by atomic mass is 32.2. The summed E-state index contributed by atoms with van der Waals surface area (Å²) in [5.74, 6) is 2.13. The van der Waals surface area contributed by atoms with E-state index in [9.17, 15) is 10.1 Å². The molecule has 94 valence electrons. The average molecular weight is 255 g/mol. The molecule has 1 atom stereocenters. The summed E-state index contributed by atoms with van der Waals surface area (Å²) in [7, 11) is 0. The van der Waals surface area contributed by atoms with Gasteiger partial charge in [-0.1, -0.05) is 6.92 Å². The van der Waals surface area contributed by atoms with Crippen molar-refractivity contribution in [3.8, 4) is 0 Å². The van der Waals surface area contributed by atoms with Crippen LogP contribution >= 0.6 is 11.8 Å². The summed E-state index contributed by atoms with van der Waals surface area (Å²) in [6, 6.07) is 1.49. The number of nitrogens with zero attached hydrogens (tertiary/aromatic N) is 2. The molecule has 0 amide bonds. The smallest absolute Gasteiger partial charge is 0.277 e. The van der Waals surface area contributed by atoms with E-state index in [1.165, 1.54) is 12.3 Å². The number of aryl methyl sites for hydroxylation is 1. The van der Waals surface area contributed by atoms with Gasteiger partial charge in [0.25, 0.3) is 5.69 Å². The Hall–Kier alpha value is -1.30. The van der Waals surface area contributed by atoms with E-state index >= 15 is 0 Å². The molecule has 1 heterocycles. The highest BCUT2D eigenvalue weighted by molar-refractivity contribution is 7.98. The van der Waals surface area contributed by atoms with E-state index in [1.54, 1.807) is 18.7 Å². The Bertz CT molecular complexity index is 398. The fourth-order valence-electron chi connectivity index (χ4n) is 1.43. The molecule has 6 heteroatoms. The van der Waals surface area contributed by atoms with Gasteiger partial charge in [-0.15, -0.1) is 0 Å². The second kappa shape index (κ2) is 6.44. The Morgan fingerprint density at radius 2 is 2.35 bits per heavy atom. The van der Waals surface area contributed by atoms with Crippen LogP contribution in [0.15, 0.2) is 12.3 Å². The lowest BCUT2D eigenvalue weighted by molar-refractivity contribution is -0.385. The van der Waals surface area contributed by atoms with Crippen molar-refractivity contribution in [2.24, 2.45) is 5.92 Å². The third kappa shape index (κ3) is 4.22. The van der Waals surface area contributed by atoms with Crippen molar-refractivity contribution in [1.29, 1.82) is 0 Å². The fraction of sp³-hybridized carbons (Fsp3) is 0.545. The van der Waals surface area contributed by atoms with E-state index < -0.39 is 0 Å². The SMILES string of the molecule is CSCC(C)CNc1cc([N+](=O)[O-])c(C)cn1. The standard InChI is InChI=1S/C11H17N3O2S/c1-8(7-17-3)5-12-11-4-10(14(15)16)9(2)6-13-11/h4,6,8H,5,7H2,1-3H3,(H,12,13). The van der Waals surface area contributed by atoms with Gasteiger partial charge < -0.3 is 5.32 Å². The maximum Gasteiger partial charge on any atom is 0.277 e. The summed E-state index contributed by atoms with van der Waals surface area (Å²) >= 11 is 1.79. The first kappa shape index (κ1) is 13.8. The highest BCUT2D eigenvalue weighted by Crippen LogP contribution is 2.20. The van der Waals surface area contributed by atoms with Gasteiger partial charge in [0.05, 0.1) is 11.0 Å². The van der Waals surface area contributed by atoms with Crippen molar-refractivity contribution >= 4 is 23.3 Å². The number of rotatable bonds is 6. The van der Waals surface area contributed by atoms with Gasteiger partial charge in [-0.05, 0) is 24.9 Å². The van der Waals surface area contributed by atoms with E-state index in [4.69, 9.17) is 0 Å². The van der Waals surface area contributed by atoms with Crippen LogP contribution in [0.25, 0.3) is 0 Å². The zero-order chi connectivity index (χ0) is 12.8. The zero-order valence-corrected chi connectivity index (χ0v) is 11.1. The number of pyridine rings is 1. The maximum atomic E-state index is 10.8. The molecule has 0 saturated heterocycles. The van der Waals surface area contributed by atoms with E-state index in [0.29, 0.717) is 17.3 Å². The van der Waals surface area contributed by atoms with Crippen molar-refractivity contribution < 1.29 is 4.92 Å². The molecule has 0 radical (unpaired) electrons. The Morgan fingerprint density at radius 1 is 1.65 bits per heavy atom. The second-order valence-corrected chi connectivity index (χ2v) is 4.97. The van der Waals surface area contributed by atoms with Crippen LogP contribution in [0.1, 0.15) is 12.5 Å². The summed E-state index contributed by atoms with van der Waals surface area (Å²) in [5.41, 5.74) is 0.692. The first-order valence-electron chi connectivity index (χ1n) is 5.38. The number of aromatic nitrogens is 1. The van der Waals surface area contributed by atoms with Gasteiger partial charge in [0.2, 0.25) is 0 Å². The Balaban J connectivity index is 2.66. The number of hydrogen-bond acceptors (Lipinski definition) is 5. The van der Waals surface area contributed by atoms with Gasteiger partial charge in [-0.3, -0.25) is 10.1 Å². The molecular formula is C11H17N3O2S. The van der Waals surface area contributed by atoms with Crippen LogP contribution in [0, 0.1) is 23.0 Å². The summed E-state index contributed by atoms with van der Waals surface area (Å²) < 4.78 is 0. The summed E-state index contributed by atoms with van der Waals surface area (Å²) in [4.78, 5) is 14.5. The minimum atomic E-state index is -0.381. The Labute approximate surface area is 105 Å². The Kier molecular flexibility index (Phi) is 5.21. The number of nitrogens with one attached hydrogen (secondary N) is 1. The lowest BCUT2D eigenvalue weighted by Crippen LogP contribution is -2.14. The van der Waals surface area contributed by atoms with Crippen molar-refractivity contribution in [1.82, 2.24) is 4.98 Å². The van der Waals surface area contributed by atoms with Crippen LogP contribution in [0.4, 0.5) is 11.5 Å². The zero-order valence-electron chi connectivity index (χ0n) is 10.3. The van der Waals surface area contributed by atoms with E-state index in [2.05, 4.69) is 23.5 Å². The molecule has 1 aromatic heterocycles. The molecule has 5 nitrogen and oxygen atoms in total. The molecule has 0 saturated carbocycles. The van der Waals surface area contributed by atoms with Crippen molar-refractivity contribution in [3.05, 3.63) is 27.9 Å². The number of anilines is 1. The first-order valence-corrected chi connectivity index (χ1v) is 6.77. The summed E-state index contributed by atoms with van der Waals surface area (Å²) in [6.45, 7) is 4.59. The fourth-order valence-corrected chi connectivity index (χ4v) is 2.12. The lowest BCUT2D eigenvalue weighted by Gasteiger charge is -2.11. The normalized spacial score (nSPS) is 12.2. The molecule has 1 aromatic rings. The Morgan fingerprint density at radius 3 is 2.94 bits per heavy atom. The maximum absolute atomic E-state index is 10.8. The van der Waals surface area contributed by atoms with Crippen LogP contribution in [0.5, 0.6) is 0 Å². The minimum Gasteiger partial charge on any atom is -0.370 e. The van der Waals surface area contributed by atoms with Crippen LogP contribution in [0.3, 0.4) is 0 Å². The molecule has 0 aromatic carbocycles. The molecule has 1 unspecified atom stereocenters. The monoisotopic (exact) mass is 255 g/mol. The lowest BCUT2D eigenvalue weighted by atomic mass is 10.2. The van der Waals surface area contributed by atoms with Gasteiger partial charge in [-0.25, -0.2) is 4.98 Å². The number of thioether (sulfide) groups is 1. The van der Waals surface area contributed by atoms with Gasteiger partial charge in [0.15, 0.2) is 0 Å². The van der Waals surface area contributed by atoms with Crippen LogP contribution < -0.4 is 5.32 Å². The molecule has 0 bridgehead atoms. The van der Waals surface area contributed by atoms with Crippen LogP contribution in [-0.2, 0) is 0 Å². The predicted octanol–water partition coefficient (Wildman–Crippen LogP) is 2.71. The molecule has 17 heavy (non-hydrogen) atoms. The molecule has 0 aliphatic carbocycles. The quantitative estimate of drug-likeness (QED) is 0.625. The third-order valence-electron chi connectivity index (χ3n) is 2.35. The summed E-state index contributed by atoms with van der Waals surface area (Å²) in [5, 5.41) is 13.9. The van der Waals surface area contributed by atoms with Gasteiger partial charge in [0, 0.05) is 18.3 Å². The number of hydrogen-bond donors (Lipinski definition) is 1.